The number of aromatic nitrogens is 3. The van der Waals surface area contributed by atoms with Crippen LogP contribution in [0.3, 0.4) is 0 Å². The minimum Gasteiger partial charge on any atom is -0.378 e. The smallest absolute Gasteiger partial charge is 0.271 e. The lowest BCUT2D eigenvalue weighted by atomic mass is 9.90. The van der Waals surface area contributed by atoms with E-state index in [1.807, 2.05) is 32.4 Å². The molecule has 0 radical (unpaired) electrons. The molecule has 2 aromatic carbocycles. The number of H-pyrrole nitrogens is 1. The Morgan fingerprint density at radius 3 is 2.62 bits per heavy atom. The van der Waals surface area contributed by atoms with Crippen LogP contribution >= 0.6 is 0 Å². The van der Waals surface area contributed by atoms with Crippen molar-refractivity contribution in [3.63, 3.8) is 0 Å². The second-order valence-electron chi connectivity index (χ2n) is 7.13. The van der Waals surface area contributed by atoms with Gasteiger partial charge in [-0.25, -0.2) is 4.98 Å². The van der Waals surface area contributed by atoms with Gasteiger partial charge in [-0.15, -0.1) is 0 Å². The third-order valence-corrected chi connectivity index (χ3v) is 5.07. The lowest BCUT2D eigenvalue weighted by molar-refractivity contribution is 0.0947. The number of aromatic amines is 1. The van der Waals surface area contributed by atoms with E-state index in [1.54, 1.807) is 6.20 Å². The molecular weight excluding hydrogens is 362 g/mol. The molecule has 4 rings (SSSR count). The van der Waals surface area contributed by atoms with Gasteiger partial charge in [0.1, 0.15) is 5.69 Å². The molecule has 0 aliphatic rings. The molecule has 0 bridgehead atoms. The number of nitrogens with one attached hydrogen (secondary N) is 2. The van der Waals surface area contributed by atoms with Gasteiger partial charge in [-0.2, -0.15) is 0 Å². The Balaban J connectivity index is 1.66. The number of carbonyl (C=O) groups excluding carboxylic acids is 1. The highest BCUT2D eigenvalue weighted by atomic mass is 16.1. The Labute approximate surface area is 169 Å². The van der Waals surface area contributed by atoms with Crippen molar-refractivity contribution >= 4 is 22.5 Å². The minimum absolute atomic E-state index is 0.00276. The van der Waals surface area contributed by atoms with Crippen LogP contribution in [0.1, 0.15) is 27.5 Å². The zero-order valence-electron chi connectivity index (χ0n) is 16.5. The summed E-state index contributed by atoms with van der Waals surface area (Å²) >= 11 is 0. The Morgan fingerprint density at radius 1 is 1.10 bits per heavy atom. The van der Waals surface area contributed by atoms with Gasteiger partial charge in [-0.3, -0.25) is 9.78 Å². The molecule has 6 nitrogen and oxygen atoms in total. The van der Waals surface area contributed by atoms with Gasteiger partial charge in [0.05, 0.1) is 6.20 Å². The van der Waals surface area contributed by atoms with Gasteiger partial charge < -0.3 is 15.2 Å². The Bertz CT molecular complexity index is 1100. The Hall–Kier alpha value is -3.67. The number of para-hydroxylation sites is 1. The van der Waals surface area contributed by atoms with E-state index in [0.29, 0.717) is 12.2 Å². The highest BCUT2D eigenvalue weighted by Crippen LogP contribution is 2.31. The molecule has 0 spiro atoms. The van der Waals surface area contributed by atoms with Crippen molar-refractivity contribution in [1.29, 1.82) is 0 Å². The lowest BCUT2D eigenvalue weighted by Crippen LogP contribution is -2.29. The molecule has 1 atom stereocenters. The van der Waals surface area contributed by atoms with Crippen molar-refractivity contribution < 1.29 is 4.79 Å². The molecule has 146 valence electrons. The fourth-order valence-corrected chi connectivity index (χ4v) is 3.50. The van der Waals surface area contributed by atoms with Gasteiger partial charge in [0.25, 0.3) is 5.91 Å². The number of nitrogens with zero attached hydrogens (tertiary/aromatic N) is 3. The molecule has 0 saturated heterocycles. The zero-order chi connectivity index (χ0) is 20.2. The minimum atomic E-state index is -0.229. The number of anilines is 1. The van der Waals surface area contributed by atoms with Crippen molar-refractivity contribution in [2.24, 2.45) is 0 Å². The van der Waals surface area contributed by atoms with Crippen molar-refractivity contribution in [1.82, 2.24) is 20.3 Å². The molecule has 1 unspecified atom stereocenters. The SMILES string of the molecule is CN(C)c1ccc(C(CNC(=O)c2cnccn2)c2c[nH]c3ccccc23)cc1. The first-order valence-corrected chi connectivity index (χ1v) is 9.51. The highest BCUT2D eigenvalue weighted by molar-refractivity contribution is 5.92. The van der Waals surface area contributed by atoms with E-state index >= 15 is 0 Å². The van der Waals surface area contributed by atoms with Gasteiger partial charge in [-0.1, -0.05) is 30.3 Å². The molecule has 2 N–H and O–H groups in total. The molecule has 0 fully saturated rings. The predicted molar refractivity (Wildman–Crippen MR) is 115 cm³/mol. The van der Waals surface area contributed by atoms with E-state index in [2.05, 4.69) is 61.6 Å². The molecule has 1 amide bonds. The standard InChI is InChI=1S/C23H23N5O/c1-28(2)17-9-7-16(8-10-17)19(13-27-23(29)22-15-24-11-12-25-22)20-14-26-21-6-4-3-5-18(20)21/h3-12,14-15,19,26H,13H2,1-2H3,(H,27,29). The van der Waals surface area contributed by atoms with Gasteiger partial charge in [-0.05, 0) is 29.3 Å². The maximum atomic E-state index is 12.5. The molecule has 0 saturated carbocycles. The summed E-state index contributed by atoms with van der Waals surface area (Å²) < 4.78 is 0. The van der Waals surface area contributed by atoms with Gasteiger partial charge in [0.15, 0.2) is 0 Å². The largest absolute Gasteiger partial charge is 0.378 e. The molecular formula is C23H23N5O. The lowest BCUT2D eigenvalue weighted by Gasteiger charge is -2.20. The van der Waals surface area contributed by atoms with Crippen LogP contribution in [0.4, 0.5) is 5.69 Å². The van der Waals surface area contributed by atoms with Crippen molar-refractivity contribution in [2.75, 3.05) is 25.5 Å². The average Bonchev–Trinajstić information content (AvgIpc) is 3.19. The third kappa shape index (κ3) is 3.96. The molecule has 29 heavy (non-hydrogen) atoms. The second kappa shape index (κ2) is 8.14. The van der Waals surface area contributed by atoms with Crippen LogP contribution < -0.4 is 10.2 Å². The maximum absolute atomic E-state index is 12.5. The monoisotopic (exact) mass is 385 g/mol. The Kier molecular flexibility index (Phi) is 5.24. The summed E-state index contributed by atoms with van der Waals surface area (Å²) in [6.07, 6.45) is 6.58. The first-order valence-electron chi connectivity index (χ1n) is 9.51. The van der Waals surface area contributed by atoms with Crippen LogP contribution in [-0.4, -0.2) is 41.5 Å². The molecule has 0 aliphatic heterocycles. The van der Waals surface area contributed by atoms with Crippen LogP contribution in [-0.2, 0) is 0 Å². The van der Waals surface area contributed by atoms with Gasteiger partial charge >= 0.3 is 0 Å². The first kappa shape index (κ1) is 18.7. The zero-order valence-corrected chi connectivity index (χ0v) is 16.5. The predicted octanol–water partition coefficient (Wildman–Crippen LogP) is 3.59. The normalized spacial score (nSPS) is 11.9. The number of fused-ring (bicyclic) bond motifs is 1. The summed E-state index contributed by atoms with van der Waals surface area (Å²) in [6, 6.07) is 16.6. The van der Waals surface area contributed by atoms with Gasteiger partial charge in [0.2, 0.25) is 0 Å². The van der Waals surface area contributed by atoms with Crippen LogP contribution in [0.25, 0.3) is 10.9 Å². The first-order chi connectivity index (χ1) is 14.1. The summed E-state index contributed by atoms with van der Waals surface area (Å²) in [5.41, 5.74) is 4.82. The van der Waals surface area contributed by atoms with E-state index in [-0.39, 0.29) is 11.8 Å². The molecule has 4 aromatic rings. The van der Waals surface area contributed by atoms with E-state index in [9.17, 15) is 4.79 Å². The van der Waals surface area contributed by atoms with E-state index in [4.69, 9.17) is 0 Å². The quantitative estimate of drug-likeness (QED) is 0.532. The van der Waals surface area contributed by atoms with Crippen LogP contribution in [0.2, 0.25) is 0 Å². The second-order valence-corrected chi connectivity index (χ2v) is 7.13. The van der Waals surface area contributed by atoms with E-state index < -0.39 is 0 Å². The number of amides is 1. The van der Waals surface area contributed by atoms with Gasteiger partial charge in [0, 0.05) is 61.7 Å². The summed E-state index contributed by atoms with van der Waals surface area (Å²) in [5.74, 6) is -0.226. The fraction of sp³-hybridized carbons (Fsp3) is 0.174. The van der Waals surface area contributed by atoms with Crippen molar-refractivity contribution in [2.45, 2.75) is 5.92 Å². The van der Waals surface area contributed by atoms with E-state index in [0.717, 1.165) is 27.7 Å². The fourth-order valence-electron chi connectivity index (χ4n) is 3.50. The number of carbonyl (C=O) groups is 1. The number of rotatable bonds is 6. The number of hydrogen-bond donors (Lipinski definition) is 2. The molecule has 6 heteroatoms. The summed E-state index contributed by atoms with van der Waals surface area (Å²) in [6.45, 7) is 0.457. The van der Waals surface area contributed by atoms with E-state index in [1.165, 1.54) is 12.4 Å². The average molecular weight is 385 g/mol. The van der Waals surface area contributed by atoms with Crippen LogP contribution in [0.5, 0.6) is 0 Å². The van der Waals surface area contributed by atoms with Crippen LogP contribution in [0, 0.1) is 0 Å². The van der Waals surface area contributed by atoms with Crippen LogP contribution in [0.15, 0.2) is 73.3 Å². The molecule has 2 aromatic heterocycles. The highest BCUT2D eigenvalue weighted by Gasteiger charge is 2.20. The summed E-state index contributed by atoms with van der Waals surface area (Å²) in [4.78, 5) is 26.0. The van der Waals surface area contributed by atoms with Crippen molar-refractivity contribution in [3.05, 3.63) is 90.1 Å². The summed E-state index contributed by atoms with van der Waals surface area (Å²) in [7, 11) is 4.04. The number of benzene rings is 2. The molecule has 0 aliphatic carbocycles. The number of hydrogen-bond acceptors (Lipinski definition) is 4. The third-order valence-electron chi connectivity index (χ3n) is 5.07. The Morgan fingerprint density at radius 2 is 1.90 bits per heavy atom. The van der Waals surface area contributed by atoms with Crippen molar-refractivity contribution in [3.8, 4) is 0 Å². The topological polar surface area (TPSA) is 73.9 Å². The maximum Gasteiger partial charge on any atom is 0.271 e. The summed E-state index contributed by atoms with van der Waals surface area (Å²) in [5, 5.41) is 4.18. The molecule has 2 heterocycles.